The van der Waals surface area contributed by atoms with Gasteiger partial charge in [0.1, 0.15) is 0 Å². The van der Waals surface area contributed by atoms with Gasteiger partial charge in [0.25, 0.3) is 0 Å². The quantitative estimate of drug-likeness (QED) is 0.694. The highest BCUT2D eigenvalue weighted by Crippen LogP contribution is 2.41. The molecule has 2 heterocycles. The Morgan fingerprint density at radius 2 is 2.00 bits per heavy atom. The molecule has 3 heteroatoms. The van der Waals surface area contributed by atoms with Crippen LogP contribution in [0.4, 0.5) is 0 Å². The molecule has 2 aliphatic rings. The minimum atomic E-state index is -0.576. The molecule has 17 heavy (non-hydrogen) atoms. The zero-order valence-electron chi connectivity index (χ0n) is 10.9. The molecule has 0 aliphatic carbocycles. The average Bonchev–Trinajstić information content (AvgIpc) is 2.86. The van der Waals surface area contributed by atoms with E-state index in [0.717, 1.165) is 19.4 Å². The van der Waals surface area contributed by atoms with Crippen LogP contribution in [0, 0.1) is 5.92 Å². The van der Waals surface area contributed by atoms with Crippen LogP contribution in [0.15, 0.2) is 0 Å². The Balaban J connectivity index is 1.73. The topological polar surface area (TPSA) is 40.5 Å². The van der Waals surface area contributed by atoms with E-state index in [-0.39, 0.29) is 5.92 Å². The van der Waals surface area contributed by atoms with Crippen molar-refractivity contribution >= 4 is 5.97 Å². The van der Waals surface area contributed by atoms with Crippen molar-refractivity contribution in [2.45, 2.75) is 70.4 Å². The number of hydrogen-bond donors (Lipinski definition) is 1. The van der Waals surface area contributed by atoms with E-state index in [2.05, 4.69) is 11.8 Å². The summed E-state index contributed by atoms with van der Waals surface area (Å²) in [5.41, 5.74) is 0. The van der Waals surface area contributed by atoms with Gasteiger partial charge in [-0.05, 0) is 32.2 Å². The number of carboxylic acid groups (broad SMARTS) is 1. The molecule has 98 valence electrons. The number of unbranched alkanes of at least 4 members (excludes halogenated alkanes) is 4. The lowest BCUT2D eigenvalue weighted by Gasteiger charge is -2.22. The fraction of sp³-hybridized carbons (Fsp3) is 0.929. The molecule has 0 aromatic rings. The Bertz CT molecular complexity index is 267. The van der Waals surface area contributed by atoms with Crippen LogP contribution in [0.5, 0.6) is 0 Å². The van der Waals surface area contributed by atoms with Crippen molar-refractivity contribution < 1.29 is 9.90 Å². The van der Waals surface area contributed by atoms with Crippen molar-refractivity contribution in [3.8, 4) is 0 Å². The molecule has 2 fully saturated rings. The summed E-state index contributed by atoms with van der Waals surface area (Å²) in [7, 11) is 0. The second kappa shape index (κ2) is 5.85. The molecule has 3 unspecified atom stereocenters. The summed E-state index contributed by atoms with van der Waals surface area (Å²) in [6.45, 7) is 3.36. The van der Waals surface area contributed by atoms with Crippen LogP contribution in [0.3, 0.4) is 0 Å². The van der Waals surface area contributed by atoms with Crippen LogP contribution in [0.2, 0.25) is 0 Å². The second-order valence-corrected chi connectivity index (χ2v) is 5.63. The summed E-state index contributed by atoms with van der Waals surface area (Å²) in [5, 5.41) is 9.17. The third-order valence-electron chi connectivity index (χ3n) is 4.52. The van der Waals surface area contributed by atoms with E-state index >= 15 is 0 Å². The van der Waals surface area contributed by atoms with Crippen molar-refractivity contribution in [2.24, 2.45) is 5.92 Å². The second-order valence-electron chi connectivity index (χ2n) is 5.63. The summed E-state index contributed by atoms with van der Waals surface area (Å²) in [4.78, 5) is 13.6. The molecule has 1 N–H and O–H groups in total. The van der Waals surface area contributed by atoms with Gasteiger partial charge in [-0.3, -0.25) is 9.69 Å². The molecule has 3 atom stereocenters. The van der Waals surface area contributed by atoms with Gasteiger partial charge in [0, 0.05) is 12.1 Å². The Labute approximate surface area is 104 Å². The number of rotatable bonds is 7. The van der Waals surface area contributed by atoms with Crippen molar-refractivity contribution in [3.05, 3.63) is 0 Å². The number of aliphatic carboxylic acids is 1. The summed E-state index contributed by atoms with van der Waals surface area (Å²) < 4.78 is 0. The molecule has 0 saturated carbocycles. The first-order valence-corrected chi connectivity index (χ1v) is 7.22. The minimum absolute atomic E-state index is 0.0793. The molecule has 0 spiro atoms. The lowest BCUT2D eigenvalue weighted by atomic mass is 9.89. The van der Waals surface area contributed by atoms with Crippen LogP contribution >= 0.6 is 0 Å². The molecular formula is C14H25NO2. The Morgan fingerprint density at radius 1 is 1.24 bits per heavy atom. The van der Waals surface area contributed by atoms with Crippen molar-refractivity contribution in [1.82, 2.24) is 4.90 Å². The summed E-state index contributed by atoms with van der Waals surface area (Å²) >= 11 is 0. The molecule has 0 aromatic carbocycles. The van der Waals surface area contributed by atoms with E-state index in [9.17, 15) is 4.79 Å². The van der Waals surface area contributed by atoms with E-state index in [1.54, 1.807) is 0 Å². The maximum absolute atomic E-state index is 11.1. The molecule has 2 rings (SSSR count). The number of hydrogen-bond acceptors (Lipinski definition) is 2. The SMILES string of the molecule is CCCCCCCN1C2CCC1C(C(=O)O)C2. The van der Waals surface area contributed by atoms with Crippen LogP contribution < -0.4 is 0 Å². The van der Waals surface area contributed by atoms with Crippen molar-refractivity contribution in [1.29, 1.82) is 0 Å². The number of nitrogens with zero attached hydrogens (tertiary/aromatic N) is 1. The summed E-state index contributed by atoms with van der Waals surface area (Å²) in [5.74, 6) is -0.655. The maximum Gasteiger partial charge on any atom is 0.308 e. The minimum Gasteiger partial charge on any atom is -0.481 e. The molecule has 0 amide bonds. The van der Waals surface area contributed by atoms with E-state index in [0.29, 0.717) is 12.1 Å². The lowest BCUT2D eigenvalue weighted by molar-refractivity contribution is -0.142. The molecular weight excluding hydrogens is 214 g/mol. The van der Waals surface area contributed by atoms with Gasteiger partial charge in [-0.25, -0.2) is 0 Å². The number of fused-ring (bicyclic) bond motifs is 2. The van der Waals surface area contributed by atoms with Gasteiger partial charge in [-0.1, -0.05) is 32.6 Å². The molecule has 3 nitrogen and oxygen atoms in total. The van der Waals surface area contributed by atoms with E-state index < -0.39 is 5.97 Å². The van der Waals surface area contributed by atoms with Gasteiger partial charge in [0.2, 0.25) is 0 Å². The predicted octanol–water partition coefficient (Wildman–Crippen LogP) is 2.89. The summed E-state index contributed by atoms with van der Waals surface area (Å²) in [6, 6.07) is 0.927. The smallest absolute Gasteiger partial charge is 0.308 e. The zero-order valence-corrected chi connectivity index (χ0v) is 10.9. The van der Waals surface area contributed by atoms with Crippen LogP contribution in [-0.2, 0) is 4.79 Å². The molecule has 0 aromatic heterocycles. The van der Waals surface area contributed by atoms with E-state index in [1.165, 1.54) is 38.5 Å². The third kappa shape index (κ3) is 2.82. The Morgan fingerprint density at radius 3 is 2.65 bits per heavy atom. The fourth-order valence-corrected chi connectivity index (χ4v) is 3.61. The van der Waals surface area contributed by atoms with Crippen LogP contribution in [0.25, 0.3) is 0 Å². The van der Waals surface area contributed by atoms with Gasteiger partial charge >= 0.3 is 5.97 Å². The van der Waals surface area contributed by atoms with E-state index in [4.69, 9.17) is 5.11 Å². The highest BCUT2D eigenvalue weighted by Gasteiger charge is 2.48. The highest BCUT2D eigenvalue weighted by atomic mass is 16.4. The Hall–Kier alpha value is -0.570. The Kier molecular flexibility index (Phi) is 4.43. The average molecular weight is 239 g/mol. The first-order chi connectivity index (χ1) is 8.24. The summed E-state index contributed by atoms with van der Waals surface area (Å²) in [6.07, 6.45) is 9.75. The lowest BCUT2D eigenvalue weighted by Crippen LogP contribution is -2.33. The van der Waals surface area contributed by atoms with Gasteiger partial charge in [0.15, 0.2) is 0 Å². The van der Waals surface area contributed by atoms with Gasteiger partial charge in [-0.15, -0.1) is 0 Å². The van der Waals surface area contributed by atoms with Gasteiger partial charge in [-0.2, -0.15) is 0 Å². The number of carbonyl (C=O) groups is 1. The third-order valence-corrected chi connectivity index (χ3v) is 4.52. The highest BCUT2D eigenvalue weighted by molar-refractivity contribution is 5.71. The predicted molar refractivity (Wildman–Crippen MR) is 68.0 cm³/mol. The molecule has 2 saturated heterocycles. The first-order valence-electron chi connectivity index (χ1n) is 7.22. The molecule has 2 aliphatic heterocycles. The molecule has 2 bridgehead atoms. The molecule has 0 radical (unpaired) electrons. The van der Waals surface area contributed by atoms with E-state index in [1.807, 2.05) is 0 Å². The monoisotopic (exact) mass is 239 g/mol. The standard InChI is InChI=1S/C14H25NO2/c1-2-3-4-5-6-9-15-11-7-8-13(15)12(10-11)14(16)17/h11-13H,2-10H2,1H3,(H,16,17). The van der Waals surface area contributed by atoms with Crippen LogP contribution in [-0.4, -0.2) is 34.6 Å². The van der Waals surface area contributed by atoms with Gasteiger partial charge < -0.3 is 5.11 Å². The number of carboxylic acids is 1. The van der Waals surface area contributed by atoms with Crippen LogP contribution in [0.1, 0.15) is 58.3 Å². The zero-order chi connectivity index (χ0) is 12.3. The van der Waals surface area contributed by atoms with Gasteiger partial charge in [0.05, 0.1) is 5.92 Å². The maximum atomic E-state index is 11.1. The first kappa shape index (κ1) is 12.9. The largest absolute Gasteiger partial charge is 0.481 e. The normalized spacial score (nSPS) is 32.2. The van der Waals surface area contributed by atoms with Crippen molar-refractivity contribution in [3.63, 3.8) is 0 Å². The fourth-order valence-electron chi connectivity index (χ4n) is 3.61. The van der Waals surface area contributed by atoms with Crippen molar-refractivity contribution in [2.75, 3.05) is 6.54 Å².